The van der Waals surface area contributed by atoms with Gasteiger partial charge in [0.1, 0.15) is 6.04 Å². The molecule has 4 rings (SSSR count). The zero-order valence-electron chi connectivity index (χ0n) is 17.4. The lowest BCUT2D eigenvalue weighted by molar-refractivity contribution is -0.118. The van der Waals surface area contributed by atoms with E-state index in [-0.39, 0.29) is 11.0 Å². The predicted octanol–water partition coefficient (Wildman–Crippen LogP) is 5.91. The first-order valence-electron chi connectivity index (χ1n) is 9.96. The van der Waals surface area contributed by atoms with E-state index in [2.05, 4.69) is 16.2 Å². The molecule has 0 spiro atoms. The third kappa shape index (κ3) is 5.25. The molecule has 5 nitrogen and oxygen atoms in total. The van der Waals surface area contributed by atoms with Crippen LogP contribution in [0.15, 0.2) is 72.8 Å². The van der Waals surface area contributed by atoms with Gasteiger partial charge in [-0.3, -0.25) is 15.6 Å². The van der Waals surface area contributed by atoms with Crippen LogP contribution in [-0.4, -0.2) is 24.1 Å². The van der Waals surface area contributed by atoms with E-state index in [9.17, 15) is 4.79 Å². The summed E-state index contributed by atoms with van der Waals surface area (Å²) in [6.07, 6.45) is 1.82. The van der Waals surface area contributed by atoms with Crippen LogP contribution in [-0.2, 0) is 4.79 Å². The summed E-state index contributed by atoms with van der Waals surface area (Å²) >= 11 is 24.2. The molecule has 0 bridgehead atoms. The van der Waals surface area contributed by atoms with Gasteiger partial charge < -0.3 is 10.2 Å². The third-order valence-corrected chi connectivity index (χ3v) is 6.19. The number of anilines is 2. The molecule has 3 aromatic carbocycles. The molecule has 0 aromatic heterocycles. The molecule has 0 aliphatic carbocycles. The maximum absolute atomic E-state index is 13.3. The first kappa shape index (κ1) is 23.4. The van der Waals surface area contributed by atoms with Crippen molar-refractivity contribution < 1.29 is 4.79 Å². The molecule has 1 aliphatic rings. The molecule has 33 heavy (non-hydrogen) atoms. The van der Waals surface area contributed by atoms with Gasteiger partial charge in [-0.2, -0.15) is 0 Å². The van der Waals surface area contributed by atoms with Crippen molar-refractivity contribution in [2.24, 2.45) is 0 Å². The Kier molecular flexibility index (Phi) is 7.10. The maximum atomic E-state index is 13.3. The van der Waals surface area contributed by atoms with Gasteiger partial charge in [-0.1, -0.05) is 53.0 Å². The van der Waals surface area contributed by atoms with Crippen LogP contribution in [0.1, 0.15) is 11.1 Å². The summed E-state index contributed by atoms with van der Waals surface area (Å²) in [6.45, 7) is 0. The van der Waals surface area contributed by atoms with Crippen molar-refractivity contribution in [3.63, 3.8) is 0 Å². The molecule has 0 fully saturated rings. The van der Waals surface area contributed by atoms with Gasteiger partial charge in [0, 0.05) is 33.2 Å². The van der Waals surface area contributed by atoms with Crippen molar-refractivity contribution in [1.82, 2.24) is 10.7 Å². The Morgan fingerprint density at radius 1 is 0.939 bits per heavy atom. The van der Waals surface area contributed by atoms with Gasteiger partial charge in [-0.05, 0) is 72.4 Å². The number of likely N-dealkylation sites (N-methyl/N-ethyl adjacent to an activating group) is 1. The molecular weight excluding hydrogens is 499 g/mol. The van der Waals surface area contributed by atoms with E-state index in [1.165, 1.54) is 0 Å². The molecule has 9 heteroatoms. The fraction of sp³-hybridized carbons (Fsp3) is 0.0833. The van der Waals surface area contributed by atoms with Crippen molar-refractivity contribution in [3.8, 4) is 0 Å². The standard InChI is InChI=1S/C24H19Cl3N4OS/c1-31-22-11-8-15(26)12-19(22)18(17-4-2-3-5-20(17)27)13-21(23(31)32)28-24(33)30-29-16-9-6-14(25)7-10-16/h2-13,21,29H,1H3,(H2,28,30,33). The van der Waals surface area contributed by atoms with Crippen molar-refractivity contribution in [2.75, 3.05) is 17.4 Å². The van der Waals surface area contributed by atoms with Crippen LogP contribution >= 0.6 is 47.0 Å². The minimum absolute atomic E-state index is 0.184. The largest absolute Gasteiger partial charge is 0.346 e. The monoisotopic (exact) mass is 516 g/mol. The molecule has 3 aromatic rings. The molecule has 1 unspecified atom stereocenters. The lowest BCUT2D eigenvalue weighted by atomic mass is 9.95. The number of fused-ring (bicyclic) bond motifs is 1. The summed E-state index contributed by atoms with van der Waals surface area (Å²) in [4.78, 5) is 14.9. The highest BCUT2D eigenvalue weighted by Gasteiger charge is 2.30. The number of nitrogens with one attached hydrogen (secondary N) is 3. The summed E-state index contributed by atoms with van der Waals surface area (Å²) in [5.74, 6) is -0.184. The van der Waals surface area contributed by atoms with Crippen LogP contribution in [0, 0.1) is 0 Å². The summed E-state index contributed by atoms with van der Waals surface area (Å²) in [5, 5.41) is 5.08. The molecule has 0 radical (unpaired) electrons. The summed E-state index contributed by atoms with van der Waals surface area (Å²) < 4.78 is 0. The molecule has 1 amide bonds. The van der Waals surface area contributed by atoms with Gasteiger partial charge in [-0.15, -0.1) is 0 Å². The van der Waals surface area contributed by atoms with E-state index < -0.39 is 6.04 Å². The van der Waals surface area contributed by atoms with E-state index in [4.69, 9.17) is 47.0 Å². The van der Waals surface area contributed by atoms with Gasteiger partial charge in [0.2, 0.25) is 0 Å². The molecule has 1 atom stereocenters. The first-order valence-corrected chi connectivity index (χ1v) is 11.5. The van der Waals surface area contributed by atoms with Crippen LogP contribution in [0.3, 0.4) is 0 Å². The first-order chi connectivity index (χ1) is 15.8. The van der Waals surface area contributed by atoms with Gasteiger partial charge in [0.15, 0.2) is 5.11 Å². The number of amides is 1. The van der Waals surface area contributed by atoms with Crippen molar-refractivity contribution in [3.05, 3.63) is 99.0 Å². The van der Waals surface area contributed by atoms with Gasteiger partial charge in [0.25, 0.3) is 5.91 Å². The fourth-order valence-corrected chi connectivity index (χ4v) is 4.24. The Hall–Kier alpha value is -2.77. The summed E-state index contributed by atoms with van der Waals surface area (Å²) in [5.41, 5.74) is 9.73. The second-order valence-corrected chi connectivity index (χ2v) is 9.02. The molecule has 0 saturated carbocycles. The average molecular weight is 518 g/mol. The molecule has 168 valence electrons. The quantitative estimate of drug-likeness (QED) is 0.296. The second kappa shape index (κ2) is 10.0. The molecule has 3 N–H and O–H groups in total. The highest BCUT2D eigenvalue weighted by atomic mass is 35.5. The topological polar surface area (TPSA) is 56.4 Å². The highest BCUT2D eigenvalue weighted by Crippen LogP contribution is 2.38. The SMILES string of the molecule is CN1C(=O)C(NC(=S)NNc2ccc(Cl)cc2)C=C(c2ccccc2Cl)c2cc(Cl)ccc21. The minimum atomic E-state index is -0.750. The Morgan fingerprint density at radius 2 is 1.64 bits per heavy atom. The minimum Gasteiger partial charge on any atom is -0.346 e. The van der Waals surface area contributed by atoms with Crippen LogP contribution in [0.5, 0.6) is 0 Å². The summed E-state index contributed by atoms with van der Waals surface area (Å²) in [7, 11) is 1.72. The smallest absolute Gasteiger partial charge is 0.253 e. The Morgan fingerprint density at radius 3 is 2.36 bits per heavy atom. The maximum Gasteiger partial charge on any atom is 0.253 e. The number of hydrogen-bond acceptors (Lipinski definition) is 3. The average Bonchev–Trinajstić information content (AvgIpc) is 2.89. The number of carbonyl (C=O) groups is 1. The predicted molar refractivity (Wildman–Crippen MR) is 141 cm³/mol. The number of benzene rings is 3. The van der Waals surface area contributed by atoms with Crippen LogP contribution in [0.4, 0.5) is 11.4 Å². The van der Waals surface area contributed by atoms with E-state index in [0.717, 1.165) is 28.1 Å². The van der Waals surface area contributed by atoms with Crippen LogP contribution in [0.2, 0.25) is 15.1 Å². The molecular formula is C24H19Cl3N4OS. The van der Waals surface area contributed by atoms with Crippen molar-refractivity contribution in [2.45, 2.75) is 6.04 Å². The van der Waals surface area contributed by atoms with E-state index in [0.29, 0.717) is 15.1 Å². The summed E-state index contributed by atoms with van der Waals surface area (Å²) in [6, 6.07) is 19.2. The molecule has 1 aliphatic heterocycles. The number of hydrogen-bond donors (Lipinski definition) is 3. The number of carbonyl (C=O) groups excluding carboxylic acids is 1. The molecule has 1 heterocycles. The number of thiocarbonyl (C=S) groups is 1. The number of rotatable bonds is 4. The zero-order chi connectivity index (χ0) is 23.5. The Bertz CT molecular complexity index is 1250. The lowest BCUT2D eigenvalue weighted by Gasteiger charge is -2.23. The van der Waals surface area contributed by atoms with Gasteiger partial charge >= 0.3 is 0 Å². The van der Waals surface area contributed by atoms with Gasteiger partial charge in [0.05, 0.1) is 11.4 Å². The van der Waals surface area contributed by atoms with E-state index >= 15 is 0 Å². The van der Waals surface area contributed by atoms with Crippen molar-refractivity contribution in [1.29, 1.82) is 0 Å². The Labute approximate surface area is 212 Å². The Balaban J connectivity index is 1.66. The lowest BCUT2D eigenvalue weighted by Crippen LogP contribution is -2.50. The second-order valence-electron chi connectivity index (χ2n) is 7.33. The number of halogens is 3. The van der Waals surface area contributed by atoms with Crippen molar-refractivity contribution >= 4 is 75.0 Å². The molecule has 0 saturated heterocycles. The zero-order valence-corrected chi connectivity index (χ0v) is 20.5. The number of hydrazine groups is 1. The van der Waals surface area contributed by atoms with Gasteiger partial charge in [-0.25, -0.2) is 0 Å². The highest BCUT2D eigenvalue weighted by molar-refractivity contribution is 7.80. The third-order valence-electron chi connectivity index (χ3n) is 5.16. The fourth-order valence-electron chi connectivity index (χ4n) is 3.53. The van der Waals surface area contributed by atoms with E-state index in [1.807, 2.05) is 42.5 Å². The van der Waals surface area contributed by atoms with E-state index in [1.54, 1.807) is 42.3 Å². The van der Waals surface area contributed by atoms with Crippen LogP contribution < -0.4 is 21.1 Å². The normalized spacial score (nSPS) is 15.3. The van der Waals surface area contributed by atoms with Crippen LogP contribution in [0.25, 0.3) is 5.57 Å². The number of nitrogens with zero attached hydrogens (tertiary/aromatic N) is 1.